The Kier molecular flexibility index (Phi) is 5.11. The zero-order chi connectivity index (χ0) is 16.8. The highest BCUT2D eigenvalue weighted by molar-refractivity contribution is 5.79. The quantitative estimate of drug-likeness (QED) is 0.657. The molecule has 1 aromatic heterocycles. The highest BCUT2D eigenvalue weighted by Gasteiger charge is 2.08. The van der Waals surface area contributed by atoms with Gasteiger partial charge in [-0.05, 0) is 24.6 Å². The van der Waals surface area contributed by atoms with Gasteiger partial charge in [0, 0.05) is 18.5 Å². The Labute approximate surface area is 141 Å². The monoisotopic (exact) mass is 323 g/mol. The van der Waals surface area contributed by atoms with Crippen molar-refractivity contribution in [3.05, 3.63) is 59.9 Å². The van der Waals surface area contributed by atoms with E-state index in [4.69, 9.17) is 4.74 Å². The summed E-state index contributed by atoms with van der Waals surface area (Å²) in [6, 6.07) is 15.6. The standard InChI is InChI=1S/C19H21N3O2/c1-24-17-10-5-2-7-14(17)13-19(23)20-12-6-11-18-21-15-8-3-4-9-16(15)22-18/h2-5,7-10H,6,11-13H2,1H3,(H,20,23)(H,21,22). The molecule has 0 spiro atoms. The van der Waals surface area contributed by atoms with E-state index in [0.717, 1.165) is 41.0 Å². The fourth-order valence-electron chi connectivity index (χ4n) is 2.69. The summed E-state index contributed by atoms with van der Waals surface area (Å²) in [5, 5.41) is 2.95. The van der Waals surface area contributed by atoms with Gasteiger partial charge in [-0.15, -0.1) is 0 Å². The Bertz CT molecular complexity index is 793. The second-order valence-corrected chi connectivity index (χ2v) is 5.64. The molecular formula is C19H21N3O2. The van der Waals surface area contributed by atoms with E-state index in [-0.39, 0.29) is 5.91 Å². The van der Waals surface area contributed by atoms with Gasteiger partial charge in [0.2, 0.25) is 5.91 Å². The van der Waals surface area contributed by atoms with Crippen molar-refractivity contribution in [2.24, 2.45) is 0 Å². The van der Waals surface area contributed by atoms with Crippen molar-refractivity contribution in [2.75, 3.05) is 13.7 Å². The van der Waals surface area contributed by atoms with E-state index in [2.05, 4.69) is 15.3 Å². The number of hydrogen-bond donors (Lipinski definition) is 2. The second kappa shape index (κ2) is 7.64. The minimum Gasteiger partial charge on any atom is -0.496 e. The summed E-state index contributed by atoms with van der Waals surface area (Å²) in [7, 11) is 1.62. The molecule has 0 fully saturated rings. The van der Waals surface area contributed by atoms with Crippen LogP contribution in [0.15, 0.2) is 48.5 Å². The van der Waals surface area contributed by atoms with Crippen LogP contribution in [0.1, 0.15) is 17.8 Å². The third kappa shape index (κ3) is 3.93. The van der Waals surface area contributed by atoms with Gasteiger partial charge in [-0.3, -0.25) is 4.79 Å². The number of H-pyrrole nitrogens is 1. The number of imidazole rings is 1. The van der Waals surface area contributed by atoms with Crippen LogP contribution in [0.2, 0.25) is 0 Å². The second-order valence-electron chi connectivity index (χ2n) is 5.64. The Balaban J connectivity index is 1.45. The number of carbonyl (C=O) groups excluding carboxylic acids is 1. The first-order valence-electron chi connectivity index (χ1n) is 8.08. The number of aromatic amines is 1. The van der Waals surface area contributed by atoms with Gasteiger partial charge >= 0.3 is 0 Å². The summed E-state index contributed by atoms with van der Waals surface area (Å²) >= 11 is 0. The Morgan fingerprint density at radius 3 is 2.79 bits per heavy atom. The maximum atomic E-state index is 12.0. The van der Waals surface area contributed by atoms with Crippen molar-refractivity contribution >= 4 is 16.9 Å². The highest BCUT2D eigenvalue weighted by Crippen LogP contribution is 2.17. The molecule has 2 N–H and O–H groups in total. The lowest BCUT2D eigenvalue weighted by Gasteiger charge is -2.08. The highest BCUT2D eigenvalue weighted by atomic mass is 16.5. The van der Waals surface area contributed by atoms with E-state index < -0.39 is 0 Å². The van der Waals surface area contributed by atoms with Gasteiger partial charge in [0.15, 0.2) is 0 Å². The molecule has 0 unspecified atom stereocenters. The van der Waals surface area contributed by atoms with E-state index >= 15 is 0 Å². The molecule has 0 radical (unpaired) electrons. The number of nitrogens with one attached hydrogen (secondary N) is 2. The van der Waals surface area contributed by atoms with Crippen molar-refractivity contribution in [3.8, 4) is 5.75 Å². The Morgan fingerprint density at radius 2 is 1.96 bits per heavy atom. The van der Waals surface area contributed by atoms with E-state index in [1.807, 2.05) is 48.5 Å². The lowest BCUT2D eigenvalue weighted by molar-refractivity contribution is -0.120. The van der Waals surface area contributed by atoms with Crippen LogP contribution < -0.4 is 10.1 Å². The molecule has 0 saturated carbocycles. The van der Waals surface area contributed by atoms with Gasteiger partial charge in [0.1, 0.15) is 11.6 Å². The van der Waals surface area contributed by atoms with Gasteiger partial charge in [-0.2, -0.15) is 0 Å². The summed E-state index contributed by atoms with van der Waals surface area (Å²) < 4.78 is 5.27. The third-order valence-electron chi connectivity index (χ3n) is 3.89. The van der Waals surface area contributed by atoms with Crippen LogP contribution in [0.3, 0.4) is 0 Å². The minimum atomic E-state index is 0.00380. The van der Waals surface area contributed by atoms with Gasteiger partial charge in [-0.25, -0.2) is 4.98 Å². The van der Waals surface area contributed by atoms with Gasteiger partial charge < -0.3 is 15.0 Å². The number of nitrogens with zero attached hydrogens (tertiary/aromatic N) is 1. The molecule has 24 heavy (non-hydrogen) atoms. The van der Waals surface area contributed by atoms with Crippen molar-refractivity contribution < 1.29 is 9.53 Å². The molecule has 0 bridgehead atoms. The first-order valence-corrected chi connectivity index (χ1v) is 8.08. The minimum absolute atomic E-state index is 0.00380. The zero-order valence-corrected chi connectivity index (χ0v) is 13.7. The number of benzene rings is 2. The number of aromatic nitrogens is 2. The zero-order valence-electron chi connectivity index (χ0n) is 13.7. The predicted molar refractivity (Wildman–Crippen MR) is 94.1 cm³/mol. The average Bonchev–Trinajstić information content (AvgIpc) is 3.02. The van der Waals surface area contributed by atoms with E-state index in [0.29, 0.717) is 13.0 Å². The van der Waals surface area contributed by atoms with Crippen LogP contribution in [0.4, 0.5) is 0 Å². The first kappa shape index (κ1) is 16.1. The number of ether oxygens (including phenoxy) is 1. The summed E-state index contributed by atoms with van der Waals surface area (Å²) in [6.07, 6.45) is 1.98. The number of fused-ring (bicyclic) bond motifs is 1. The first-order chi connectivity index (χ1) is 11.8. The summed E-state index contributed by atoms with van der Waals surface area (Å²) in [5.74, 6) is 1.70. The molecule has 0 aliphatic rings. The summed E-state index contributed by atoms with van der Waals surface area (Å²) in [4.78, 5) is 19.9. The fourth-order valence-corrected chi connectivity index (χ4v) is 2.69. The largest absolute Gasteiger partial charge is 0.496 e. The molecular weight excluding hydrogens is 302 g/mol. The van der Waals surface area contributed by atoms with Crippen LogP contribution >= 0.6 is 0 Å². The van der Waals surface area contributed by atoms with Crippen molar-refractivity contribution in [2.45, 2.75) is 19.3 Å². The van der Waals surface area contributed by atoms with Gasteiger partial charge in [0.25, 0.3) is 0 Å². The number of para-hydroxylation sites is 3. The summed E-state index contributed by atoms with van der Waals surface area (Å²) in [6.45, 7) is 0.630. The third-order valence-corrected chi connectivity index (χ3v) is 3.89. The van der Waals surface area contributed by atoms with Gasteiger partial charge in [-0.1, -0.05) is 30.3 Å². The molecule has 1 heterocycles. The Hall–Kier alpha value is -2.82. The molecule has 0 atom stereocenters. The normalized spacial score (nSPS) is 10.7. The molecule has 5 heteroatoms. The lowest BCUT2D eigenvalue weighted by Crippen LogP contribution is -2.26. The predicted octanol–water partition coefficient (Wildman–Crippen LogP) is 2.86. The maximum Gasteiger partial charge on any atom is 0.224 e. The molecule has 2 aromatic carbocycles. The molecule has 124 valence electrons. The molecule has 5 nitrogen and oxygen atoms in total. The van der Waals surface area contributed by atoms with E-state index in [1.165, 1.54) is 0 Å². The van der Waals surface area contributed by atoms with Crippen LogP contribution in [0.25, 0.3) is 11.0 Å². The van der Waals surface area contributed by atoms with Crippen molar-refractivity contribution in [3.63, 3.8) is 0 Å². The maximum absolute atomic E-state index is 12.0. The lowest BCUT2D eigenvalue weighted by atomic mass is 10.1. The molecule has 0 aliphatic heterocycles. The van der Waals surface area contributed by atoms with E-state index in [9.17, 15) is 4.79 Å². The summed E-state index contributed by atoms with van der Waals surface area (Å²) in [5.41, 5.74) is 2.93. The topological polar surface area (TPSA) is 67.0 Å². The molecule has 0 saturated heterocycles. The number of carbonyl (C=O) groups is 1. The molecule has 3 rings (SSSR count). The SMILES string of the molecule is COc1ccccc1CC(=O)NCCCc1nc2ccccc2[nH]1. The smallest absolute Gasteiger partial charge is 0.224 e. The number of hydrogen-bond acceptors (Lipinski definition) is 3. The van der Waals surface area contributed by atoms with Crippen LogP contribution in [-0.2, 0) is 17.6 Å². The molecule has 0 aliphatic carbocycles. The van der Waals surface area contributed by atoms with Crippen LogP contribution in [-0.4, -0.2) is 29.5 Å². The molecule has 3 aromatic rings. The van der Waals surface area contributed by atoms with Crippen molar-refractivity contribution in [1.82, 2.24) is 15.3 Å². The van der Waals surface area contributed by atoms with Crippen molar-refractivity contribution in [1.29, 1.82) is 0 Å². The number of rotatable bonds is 7. The van der Waals surface area contributed by atoms with E-state index in [1.54, 1.807) is 7.11 Å². The number of amides is 1. The Morgan fingerprint density at radius 1 is 1.17 bits per heavy atom. The number of methoxy groups -OCH3 is 1. The van der Waals surface area contributed by atoms with Gasteiger partial charge in [0.05, 0.1) is 24.6 Å². The molecule has 1 amide bonds. The number of aryl methyl sites for hydroxylation is 1. The van der Waals surface area contributed by atoms with Crippen LogP contribution in [0.5, 0.6) is 5.75 Å². The fraction of sp³-hybridized carbons (Fsp3) is 0.263. The van der Waals surface area contributed by atoms with Crippen LogP contribution in [0, 0.1) is 0 Å². The average molecular weight is 323 g/mol.